The van der Waals surface area contributed by atoms with Gasteiger partial charge in [-0.2, -0.15) is 0 Å². The number of hydrogen-bond acceptors (Lipinski definition) is 5. The summed E-state index contributed by atoms with van der Waals surface area (Å²) in [6, 6.07) is 68.5. The monoisotopic (exact) mass is 796 g/mol. The Morgan fingerprint density at radius 2 is 1.05 bits per heavy atom. The topological polar surface area (TPSA) is 56.7 Å². The fraction of sp³-hybridized carbons (Fsp3) is 0. The first-order valence-corrected chi connectivity index (χ1v) is 21.2. The van der Waals surface area contributed by atoms with Crippen molar-refractivity contribution in [1.82, 2.24) is 19.5 Å². The van der Waals surface area contributed by atoms with Gasteiger partial charge in [0.05, 0.1) is 16.7 Å². The molecule has 6 heteroatoms. The predicted molar refractivity (Wildman–Crippen MR) is 254 cm³/mol. The van der Waals surface area contributed by atoms with Gasteiger partial charge in [0.2, 0.25) is 0 Å². The highest BCUT2D eigenvalue weighted by atomic mass is 32.1. The molecule has 0 spiro atoms. The van der Waals surface area contributed by atoms with Crippen molar-refractivity contribution in [2.45, 2.75) is 0 Å². The second-order valence-corrected chi connectivity index (χ2v) is 16.6. The van der Waals surface area contributed by atoms with Gasteiger partial charge in [0, 0.05) is 58.4 Å². The van der Waals surface area contributed by atoms with E-state index in [1.165, 1.54) is 41.7 Å². The number of benzene rings is 9. The average Bonchev–Trinajstić information content (AvgIpc) is 4.00. The average molecular weight is 797 g/mol. The standard InChI is InChI=1S/C55H32N4OS/c1-2-13-33(14-3-1)34-17-12-18-37(29-34)53-56-54(38-25-28-50-44(31-38)40-20-8-11-24-49(40)61-50)58-55(57-53)42-26-27-46(52-51(42)41-21-7-10-23-48(41)60-52)59-45-22-9-6-19-39(45)43-30-35-15-4-5-16-36(35)32-47(43)59/h1-32H. The van der Waals surface area contributed by atoms with Crippen LogP contribution in [0.4, 0.5) is 0 Å². The lowest BCUT2D eigenvalue weighted by Crippen LogP contribution is -2.01. The summed E-state index contributed by atoms with van der Waals surface area (Å²) in [4.78, 5) is 15.9. The summed E-state index contributed by atoms with van der Waals surface area (Å²) >= 11 is 1.80. The van der Waals surface area contributed by atoms with Crippen molar-refractivity contribution < 1.29 is 4.42 Å². The number of hydrogen-bond donors (Lipinski definition) is 0. The molecular weight excluding hydrogens is 765 g/mol. The Bertz CT molecular complexity index is 3900. The largest absolute Gasteiger partial charge is 0.454 e. The summed E-state index contributed by atoms with van der Waals surface area (Å²) in [6.07, 6.45) is 0. The first-order valence-electron chi connectivity index (χ1n) is 20.4. The maximum atomic E-state index is 6.94. The molecule has 0 fully saturated rings. The molecule has 0 bridgehead atoms. The van der Waals surface area contributed by atoms with Crippen molar-refractivity contribution in [1.29, 1.82) is 0 Å². The second kappa shape index (κ2) is 13.3. The van der Waals surface area contributed by atoms with Gasteiger partial charge in [0.1, 0.15) is 5.58 Å². The lowest BCUT2D eigenvalue weighted by Gasteiger charge is -2.13. The second-order valence-electron chi connectivity index (χ2n) is 15.6. The first-order chi connectivity index (χ1) is 30.2. The number of aromatic nitrogens is 4. The molecular formula is C55H32N4OS. The van der Waals surface area contributed by atoms with Gasteiger partial charge in [-0.25, -0.2) is 15.0 Å². The minimum atomic E-state index is 0.580. The summed E-state index contributed by atoms with van der Waals surface area (Å²) in [7, 11) is 0. The van der Waals surface area contributed by atoms with E-state index in [9.17, 15) is 0 Å². The van der Waals surface area contributed by atoms with Gasteiger partial charge in [0.25, 0.3) is 0 Å². The number of rotatable bonds is 5. The lowest BCUT2D eigenvalue weighted by molar-refractivity contribution is 0.666. The Kier molecular flexibility index (Phi) is 7.41. The van der Waals surface area contributed by atoms with E-state index in [2.05, 4.69) is 180 Å². The maximum Gasteiger partial charge on any atom is 0.164 e. The SMILES string of the molecule is c1ccc(-c2cccc(-c3nc(-c4ccc5sc6ccccc6c5c4)nc(-c4ccc(-n5c6ccccc6c6cc7ccccc7cc65)c5oc6ccccc6c45)n3)c2)cc1. The third kappa shape index (κ3) is 5.36. The molecule has 0 radical (unpaired) electrons. The molecule has 61 heavy (non-hydrogen) atoms. The number of nitrogens with zero attached hydrogens (tertiary/aromatic N) is 4. The van der Waals surface area contributed by atoms with Crippen LogP contribution in [0.3, 0.4) is 0 Å². The summed E-state index contributed by atoms with van der Waals surface area (Å²) < 4.78 is 11.8. The van der Waals surface area contributed by atoms with Crippen LogP contribution >= 0.6 is 11.3 Å². The fourth-order valence-corrected chi connectivity index (χ4v) is 10.3. The molecule has 0 saturated carbocycles. The van der Waals surface area contributed by atoms with E-state index in [0.717, 1.165) is 66.5 Å². The van der Waals surface area contributed by atoms with Gasteiger partial charge < -0.3 is 8.98 Å². The Labute approximate surface area is 353 Å². The van der Waals surface area contributed by atoms with E-state index < -0.39 is 0 Å². The van der Waals surface area contributed by atoms with Gasteiger partial charge >= 0.3 is 0 Å². The quantitative estimate of drug-likeness (QED) is 0.174. The Morgan fingerprint density at radius 1 is 0.393 bits per heavy atom. The summed E-state index contributed by atoms with van der Waals surface area (Å²) in [5.74, 6) is 1.80. The van der Waals surface area contributed by atoms with E-state index in [1.807, 2.05) is 18.2 Å². The van der Waals surface area contributed by atoms with Gasteiger partial charge in [-0.05, 0) is 88.6 Å². The molecule has 4 aromatic heterocycles. The van der Waals surface area contributed by atoms with Crippen LogP contribution in [0, 0.1) is 0 Å². The van der Waals surface area contributed by atoms with Crippen LogP contribution in [0.15, 0.2) is 199 Å². The molecule has 0 atom stereocenters. The Balaban J connectivity index is 1.08. The van der Waals surface area contributed by atoms with Gasteiger partial charge in [-0.1, -0.05) is 127 Å². The smallest absolute Gasteiger partial charge is 0.164 e. The van der Waals surface area contributed by atoms with Crippen molar-refractivity contribution in [3.63, 3.8) is 0 Å². The molecule has 284 valence electrons. The molecule has 9 aromatic carbocycles. The molecule has 0 aliphatic carbocycles. The number of furan rings is 1. The van der Waals surface area contributed by atoms with E-state index in [1.54, 1.807) is 11.3 Å². The normalized spacial score (nSPS) is 11.9. The third-order valence-corrected chi connectivity index (χ3v) is 13.2. The summed E-state index contributed by atoms with van der Waals surface area (Å²) in [5, 5.41) is 9.17. The molecule has 0 unspecified atom stereocenters. The van der Waals surface area contributed by atoms with E-state index in [4.69, 9.17) is 19.4 Å². The number of fused-ring (bicyclic) bond motifs is 10. The van der Waals surface area contributed by atoms with Gasteiger partial charge in [-0.3, -0.25) is 0 Å². The Hall–Kier alpha value is -7.93. The third-order valence-electron chi connectivity index (χ3n) is 12.0. The van der Waals surface area contributed by atoms with Crippen LogP contribution in [0.5, 0.6) is 0 Å². The predicted octanol–water partition coefficient (Wildman–Crippen LogP) is 15.1. The zero-order valence-electron chi connectivity index (χ0n) is 32.6. The van der Waals surface area contributed by atoms with Crippen LogP contribution in [0.25, 0.3) is 126 Å². The minimum absolute atomic E-state index is 0.580. The van der Waals surface area contributed by atoms with Crippen molar-refractivity contribution in [3.05, 3.63) is 194 Å². The van der Waals surface area contributed by atoms with Crippen molar-refractivity contribution in [2.75, 3.05) is 0 Å². The van der Waals surface area contributed by atoms with E-state index >= 15 is 0 Å². The van der Waals surface area contributed by atoms with E-state index in [0.29, 0.717) is 17.5 Å². The molecule has 4 heterocycles. The Morgan fingerprint density at radius 3 is 1.92 bits per heavy atom. The van der Waals surface area contributed by atoms with Crippen LogP contribution in [0.1, 0.15) is 0 Å². The zero-order chi connectivity index (χ0) is 40.0. The van der Waals surface area contributed by atoms with Gasteiger partial charge in [0.15, 0.2) is 23.1 Å². The van der Waals surface area contributed by atoms with Crippen LogP contribution in [0.2, 0.25) is 0 Å². The fourth-order valence-electron chi connectivity index (χ4n) is 9.18. The molecule has 13 rings (SSSR count). The highest BCUT2D eigenvalue weighted by Crippen LogP contribution is 2.43. The molecule has 0 amide bonds. The summed E-state index contributed by atoms with van der Waals surface area (Å²) in [6.45, 7) is 0. The molecule has 0 N–H and O–H groups in total. The van der Waals surface area contributed by atoms with Crippen molar-refractivity contribution in [2.24, 2.45) is 0 Å². The molecule has 0 aliphatic heterocycles. The van der Waals surface area contributed by atoms with E-state index in [-0.39, 0.29) is 0 Å². The van der Waals surface area contributed by atoms with Gasteiger partial charge in [-0.15, -0.1) is 11.3 Å². The van der Waals surface area contributed by atoms with Crippen LogP contribution in [-0.2, 0) is 0 Å². The van der Waals surface area contributed by atoms with Crippen LogP contribution < -0.4 is 0 Å². The zero-order valence-corrected chi connectivity index (χ0v) is 33.4. The first kappa shape index (κ1) is 34.0. The number of para-hydroxylation sites is 2. The highest BCUT2D eigenvalue weighted by Gasteiger charge is 2.23. The molecule has 0 aliphatic rings. The maximum absolute atomic E-state index is 6.94. The number of thiophene rings is 1. The van der Waals surface area contributed by atoms with Crippen molar-refractivity contribution >= 4 is 86.0 Å². The van der Waals surface area contributed by atoms with Crippen LogP contribution in [-0.4, -0.2) is 19.5 Å². The van der Waals surface area contributed by atoms with Crippen molar-refractivity contribution in [3.8, 4) is 51.0 Å². The lowest BCUT2D eigenvalue weighted by atomic mass is 10.0. The minimum Gasteiger partial charge on any atom is -0.454 e. The molecule has 5 nitrogen and oxygen atoms in total. The molecule has 0 saturated heterocycles. The molecule has 13 aromatic rings. The highest BCUT2D eigenvalue weighted by molar-refractivity contribution is 7.25. The summed E-state index contributed by atoms with van der Waals surface area (Å²) in [5.41, 5.74) is 9.71.